The van der Waals surface area contributed by atoms with Gasteiger partial charge >= 0.3 is 23.1 Å². The molecular weight excluding hydrogens is 188 g/mol. The topological polar surface area (TPSA) is 37.3 Å². The normalized spacial score (nSPS) is 4.17. The molecule has 0 rings (SSSR count). The minimum Gasteiger partial charge on any atom is -0.481 e. The molecule has 1 radical (unpaired) electrons. The van der Waals surface area contributed by atoms with Crippen molar-refractivity contribution in [2.75, 3.05) is 0 Å². The summed E-state index contributed by atoms with van der Waals surface area (Å²) in [6.45, 7) is 1.08. The van der Waals surface area contributed by atoms with Gasteiger partial charge in [0.1, 0.15) is 0 Å². The van der Waals surface area contributed by atoms with Gasteiger partial charge in [0.25, 0.3) is 5.97 Å². The van der Waals surface area contributed by atoms with Crippen molar-refractivity contribution in [1.29, 1.82) is 0 Å². The van der Waals surface area contributed by atoms with Gasteiger partial charge in [-0.2, -0.15) is 0 Å². The molecular formula is C2H6AgMgO2. The fourth-order valence-electron chi connectivity index (χ4n) is 0. The van der Waals surface area contributed by atoms with Crippen molar-refractivity contribution in [1.82, 2.24) is 0 Å². The number of carboxylic acids is 1. The molecule has 0 heterocycles. The fourth-order valence-corrected chi connectivity index (χ4v) is 0. The Morgan fingerprint density at radius 3 is 1.67 bits per heavy atom. The van der Waals surface area contributed by atoms with Crippen molar-refractivity contribution >= 4 is 29.0 Å². The van der Waals surface area contributed by atoms with Crippen molar-refractivity contribution in [2.24, 2.45) is 0 Å². The van der Waals surface area contributed by atoms with Crippen LogP contribution in [-0.2, 0) is 27.2 Å². The molecule has 0 atom stereocenters. The van der Waals surface area contributed by atoms with E-state index < -0.39 is 5.97 Å². The largest absolute Gasteiger partial charge is 0.481 e. The van der Waals surface area contributed by atoms with E-state index in [0.29, 0.717) is 0 Å². The first-order chi connectivity index (χ1) is 1.73. The second-order valence-electron chi connectivity index (χ2n) is 0.519. The quantitative estimate of drug-likeness (QED) is 0.511. The van der Waals surface area contributed by atoms with E-state index in [1.54, 1.807) is 0 Å². The summed E-state index contributed by atoms with van der Waals surface area (Å²) in [5.74, 6) is -0.833. The van der Waals surface area contributed by atoms with E-state index in [2.05, 4.69) is 0 Å². The summed E-state index contributed by atoms with van der Waals surface area (Å²) in [5.41, 5.74) is 0. The van der Waals surface area contributed by atoms with Gasteiger partial charge in [0, 0.05) is 29.3 Å². The van der Waals surface area contributed by atoms with E-state index in [9.17, 15) is 0 Å². The van der Waals surface area contributed by atoms with Crippen LogP contribution in [0.2, 0.25) is 0 Å². The molecule has 0 aromatic rings. The van der Waals surface area contributed by atoms with Crippen molar-refractivity contribution in [3.63, 3.8) is 0 Å². The molecule has 0 saturated heterocycles. The number of aliphatic carboxylic acids is 1. The number of rotatable bonds is 0. The summed E-state index contributed by atoms with van der Waals surface area (Å²) in [5, 5.41) is 7.42. The van der Waals surface area contributed by atoms with Crippen LogP contribution in [0.25, 0.3) is 0 Å². The SMILES string of the molecule is CC(=O)O.[Ag].[MgH2]. The molecule has 0 aliphatic rings. The van der Waals surface area contributed by atoms with E-state index in [4.69, 9.17) is 9.90 Å². The molecule has 0 amide bonds. The Hall–Kier alpha value is 0.976. The molecule has 4 heteroatoms. The van der Waals surface area contributed by atoms with Crippen LogP contribution in [0.5, 0.6) is 0 Å². The predicted octanol–water partition coefficient (Wildman–Crippen LogP) is -0.828. The second-order valence-corrected chi connectivity index (χ2v) is 0.519. The van der Waals surface area contributed by atoms with E-state index >= 15 is 0 Å². The van der Waals surface area contributed by atoms with E-state index in [0.717, 1.165) is 6.92 Å². The Morgan fingerprint density at radius 1 is 1.67 bits per heavy atom. The van der Waals surface area contributed by atoms with Gasteiger partial charge in [-0.25, -0.2) is 0 Å². The maximum absolute atomic E-state index is 9.00. The smallest absolute Gasteiger partial charge is 0.316 e. The minimum absolute atomic E-state index is 0. The van der Waals surface area contributed by atoms with Gasteiger partial charge < -0.3 is 5.11 Å². The molecule has 0 spiro atoms. The summed E-state index contributed by atoms with van der Waals surface area (Å²) in [4.78, 5) is 9.00. The van der Waals surface area contributed by atoms with E-state index in [1.807, 2.05) is 0 Å². The van der Waals surface area contributed by atoms with Crippen molar-refractivity contribution in [2.45, 2.75) is 6.92 Å². The number of hydrogen-bond donors (Lipinski definition) is 1. The van der Waals surface area contributed by atoms with Crippen molar-refractivity contribution in [3.8, 4) is 0 Å². The average molecular weight is 194 g/mol. The summed E-state index contributed by atoms with van der Waals surface area (Å²) >= 11 is 0. The van der Waals surface area contributed by atoms with Gasteiger partial charge in [-0.15, -0.1) is 0 Å². The molecule has 0 aromatic carbocycles. The van der Waals surface area contributed by atoms with Crippen LogP contribution in [0, 0.1) is 0 Å². The molecule has 0 bridgehead atoms. The molecule has 0 saturated carbocycles. The summed E-state index contributed by atoms with van der Waals surface area (Å²) in [7, 11) is 0. The summed E-state index contributed by atoms with van der Waals surface area (Å²) < 4.78 is 0. The predicted molar refractivity (Wildman–Crippen MR) is 21.9 cm³/mol. The maximum atomic E-state index is 9.00. The molecule has 0 unspecified atom stereocenters. The molecule has 0 aromatic heterocycles. The Kier molecular flexibility index (Phi) is 24.6. The van der Waals surface area contributed by atoms with Gasteiger partial charge in [0.2, 0.25) is 0 Å². The van der Waals surface area contributed by atoms with Gasteiger partial charge in [-0.3, -0.25) is 4.79 Å². The Balaban J connectivity index is -0.0000000450. The van der Waals surface area contributed by atoms with Crippen LogP contribution in [0.15, 0.2) is 0 Å². The molecule has 39 valence electrons. The Labute approximate surface area is 68.0 Å². The zero-order chi connectivity index (χ0) is 3.58. The Bertz CT molecular complexity index is 34.5. The second kappa shape index (κ2) is 9.36. The zero-order valence-electron chi connectivity index (χ0n) is 2.66. The molecule has 1 N–H and O–H groups in total. The minimum atomic E-state index is -0.833. The molecule has 0 fully saturated rings. The molecule has 0 aliphatic carbocycles. The summed E-state index contributed by atoms with van der Waals surface area (Å²) in [6.07, 6.45) is 0. The number of hydrogen-bond acceptors (Lipinski definition) is 1. The maximum Gasteiger partial charge on any atom is 0.316 e. The van der Waals surface area contributed by atoms with Crippen LogP contribution >= 0.6 is 0 Å². The van der Waals surface area contributed by atoms with Crippen LogP contribution in [0.4, 0.5) is 0 Å². The zero-order valence-corrected chi connectivity index (χ0v) is 4.14. The Morgan fingerprint density at radius 2 is 1.67 bits per heavy atom. The first-order valence-corrected chi connectivity index (χ1v) is 0.928. The third-order valence-corrected chi connectivity index (χ3v) is 0. The van der Waals surface area contributed by atoms with Crippen LogP contribution < -0.4 is 0 Å². The van der Waals surface area contributed by atoms with Gasteiger partial charge in [-0.05, 0) is 0 Å². The van der Waals surface area contributed by atoms with Gasteiger partial charge in [0.15, 0.2) is 0 Å². The fraction of sp³-hybridized carbons (Fsp3) is 0.500. The third kappa shape index (κ3) is 82.5. The van der Waals surface area contributed by atoms with Crippen molar-refractivity contribution in [3.05, 3.63) is 0 Å². The number of carboxylic acid groups (broad SMARTS) is 1. The summed E-state index contributed by atoms with van der Waals surface area (Å²) in [6, 6.07) is 0. The standard InChI is InChI=1S/C2H4O2.Ag.Mg.2H/c1-2(3)4;;;;/h1H3,(H,3,4);;;;. The van der Waals surface area contributed by atoms with Crippen LogP contribution in [-0.4, -0.2) is 34.1 Å². The monoisotopic (exact) mass is 193 g/mol. The first kappa shape index (κ1) is 15.8. The van der Waals surface area contributed by atoms with Crippen LogP contribution in [0.1, 0.15) is 6.92 Å². The average Bonchev–Trinajstić information content (AvgIpc) is 0.811. The molecule has 0 aliphatic heterocycles. The number of carbonyl (C=O) groups is 1. The molecule has 6 heavy (non-hydrogen) atoms. The van der Waals surface area contributed by atoms with E-state index in [1.165, 1.54) is 0 Å². The van der Waals surface area contributed by atoms with E-state index in [-0.39, 0.29) is 45.4 Å². The third-order valence-electron chi connectivity index (χ3n) is 0. The van der Waals surface area contributed by atoms with Gasteiger partial charge in [-0.1, -0.05) is 0 Å². The first-order valence-electron chi connectivity index (χ1n) is 0.928. The van der Waals surface area contributed by atoms with Crippen LogP contribution in [0.3, 0.4) is 0 Å². The van der Waals surface area contributed by atoms with Gasteiger partial charge in [0.05, 0.1) is 0 Å². The molecule has 2 nitrogen and oxygen atoms in total. The van der Waals surface area contributed by atoms with Crippen molar-refractivity contribution < 1.29 is 32.3 Å².